The van der Waals surface area contributed by atoms with E-state index in [0.717, 1.165) is 17.0 Å². The molecule has 0 spiro atoms. The van der Waals surface area contributed by atoms with Crippen LogP contribution in [0, 0.1) is 17.5 Å². The first-order valence-corrected chi connectivity index (χ1v) is 9.21. The molecule has 3 N–H and O–H groups in total. The van der Waals surface area contributed by atoms with Gasteiger partial charge in [0, 0.05) is 17.1 Å². The highest BCUT2D eigenvalue weighted by Crippen LogP contribution is 2.20. The predicted molar refractivity (Wildman–Crippen MR) is 106 cm³/mol. The number of aromatic amines is 1. The van der Waals surface area contributed by atoms with Crippen LogP contribution in [0.2, 0.25) is 0 Å². The molecule has 1 aromatic heterocycles. The number of benzene rings is 2. The van der Waals surface area contributed by atoms with Crippen molar-refractivity contribution in [3.05, 3.63) is 65.6 Å². The van der Waals surface area contributed by atoms with E-state index >= 15 is 0 Å². The number of H-pyrrole nitrogens is 1. The molecule has 0 radical (unpaired) electrons. The Morgan fingerprint density at radius 1 is 1.06 bits per heavy atom. The summed E-state index contributed by atoms with van der Waals surface area (Å²) in [5.74, 6) is -6.95. The lowest BCUT2D eigenvalue weighted by Gasteiger charge is -2.13. The van der Waals surface area contributed by atoms with E-state index in [1.54, 1.807) is 6.20 Å². The maximum absolute atomic E-state index is 13.6. The molecule has 2 amide bonds. The van der Waals surface area contributed by atoms with Crippen molar-refractivity contribution in [2.75, 3.05) is 11.9 Å². The zero-order valence-electron chi connectivity index (χ0n) is 16.3. The van der Waals surface area contributed by atoms with E-state index in [1.807, 2.05) is 29.6 Å². The molecule has 3 aromatic rings. The van der Waals surface area contributed by atoms with Gasteiger partial charge >= 0.3 is 5.97 Å². The van der Waals surface area contributed by atoms with Crippen molar-refractivity contribution < 1.29 is 32.3 Å². The Hall–Kier alpha value is -3.82. The highest BCUT2D eigenvalue weighted by atomic mass is 19.2. The minimum absolute atomic E-state index is 0.0580. The Kier molecular flexibility index (Phi) is 6.58. The van der Waals surface area contributed by atoms with Gasteiger partial charge in [0.1, 0.15) is 0 Å². The van der Waals surface area contributed by atoms with Gasteiger partial charge in [-0.05, 0) is 30.7 Å². The van der Waals surface area contributed by atoms with Gasteiger partial charge < -0.3 is 20.4 Å². The molecule has 31 heavy (non-hydrogen) atoms. The molecular formula is C21H18F3N3O4. The first-order chi connectivity index (χ1) is 14.8. The number of esters is 1. The predicted octanol–water partition coefficient (Wildman–Crippen LogP) is 2.81. The first-order valence-electron chi connectivity index (χ1n) is 9.21. The summed E-state index contributed by atoms with van der Waals surface area (Å²) in [5.41, 5.74) is 0.997. The first kappa shape index (κ1) is 21.9. The van der Waals surface area contributed by atoms with Crippen molar-refractivity contribution in [2.45, 2.75) is 19.4 Å². The molecule has 0 saturated heterocycles. The average molecular weight is 433 g/mol. The average Bonchev–Trinajstić information content (AvgIpc) is 3.15. The van der Waals surface area contributed by atoms with Gasteiger partial charge in [0.15, 0.2) is 23.6 Å². The van der Waals surface area contributed by atoms with Crippen molar-refractivity contribution in [1.29, 1.82) is 0 Å². The summed E-state index contributed by atoms with van der Waals surface area (Å²) < 4.78 is 44.8. The molecule has 2 aromatic carbocycles. The molecule has 1 heterocycles. The highest BCUT2D eigenvalue weighted by Gasteiger charge is 2.20. The third kappa shape index (κ3) is 5.21. The van der Waals surface area contributed by atoms with Crippen LogP contribution in [0.15, 0.2) is 42.6 Å². The van der Waals surface area contributed by atoms with Gasteiger partial charge in [-0.2, -0.15) is 0 Å². The summed E-state index contributed by atoms with van der Waals surface area (Å²) in [4.78, 5) is 39.1. The molecule has 3 rings (SSSR count). The van der Waals surface area contributed by atoms with Crippen molar-refractivity contribution in [2.24, 2.45) is 0 Å². The molecule has 0 aliphatic heterocycles. The Labute approximate surface area is 174 Å². The summed E-state index contributed by atoms with van der Waals surface area (Å²) in [7, 11) is 0. The number of carbonyl (C=O) groups excluding carboxylic acids is 3. The van der Waals surface area contributed by atoms with Crippen molar-refractivity contribution in [3.63, 3.8) is 0 Å². The second-order valence-corrected chi connectivity index (χ2v) is 6.66. The van der Waals surface area contributed by atoms with Gasteiger partial charge in [0.05, 0.1) is 18.7 Å². The van der Waals surface area contributed by atoms with E-state index in [-0.39, 0.29) is 6.42 Å². The van der Waals surface area contributed by atoms with Crippen LogP contribution in [-0.4, -0.2) is 35.4 Å². The number of nitrogens with one attached hydrogen (secondary N) is 3. The number of hydrogen-bond donors (Lipinski definition) is 3. The molecule has 10 heteroatoms. The number of ether oxygens (including phenoxy) is 1. The number of anilines is 1. The standard InChI is InChI=1S/C21H18F3N3O4/c1-11(31-18(29)8-12-9-25-15-5-3-2-4-13(12)15)21(30)26-10-17(28)27-16-7-6-14(22)19(23)20(16)24/h2-7,9,11,25H,8,10H2,1H3,(H,26,30)(H,27,28). The fraction of sp³-hybridized carbons (Fsp3) is 0.190. The topological polar surface area (TPSA) is 100 Å². The summed E-state index contributed by atoms with van der Waals surface area (Å²) >= 11 is 0. The van der Waals surface area contributed by atoms with Crippen LogP contribution in [-0.2, 0) is 25.5 Å². The summed E-state index contributed by atoms with van der Waals surface area (Å²) in [6.07, 6.45) is 0.432. The zero-order valence-corrected chi connectivity index (χ0v) is 16.3. The zero-order chi connectivity index (χ0) is 22.5. The second-order valence-electron chi connectivity index (χ2n) is 6.66. The third-order valence-corrected chi connectivity index (χ3v) is 4.42. The minimum atomic E-state index is -1.72. The van der Waals surface area contributed by atoms with Gasteiger partial charge in [0.2, 0.25) is 5.91 Å². The number of amides is 2. The molecule has 0 fully saturated rings. The molecule has 1 unspecified atom stereocenters. The fourth-order valence-electron chi connectivity index (χ4n) is 2.85. The normalized spacial score (nSPS) is 11.7. The summed E-state index contributed by atoms with van der Waals surface area (Å²) in [5, 5.41) is 5.09. The van der Waals surface area contributed by atoms with Crippen molar-refractivity contribution in [3.8, 4) is 0 Å². The van der Waals surface area contributed by atoms with Crippen LogP contribution in [0.3, 0.4) is 0 Å². The number of aromatic nitrogens is 1. The van der Waals surface area contributed by atoms with E-state index in [1.165, 1.54) is 6.92 Å². The Morgan fingerprint density at radius 3 is 2.58 bits per heavy atom. The van der Waals surface area contributed by atoms with Gasteiger partial charge in [-0.25, -0.2) is 13.2 Å². The monoisotopic (exact) mass is 433 g/mol. The number of hydrogen-bond acceptors (Lipinski definition) is 4. The quantitative estimate of drug-likeness (QED) is 0.394. The largest absolute Gasteiger partial charge is 0.452 e. The molecule has 7 nitrogen and oxygen atoms in total. The van der Waals surface area contributed by atoms with Gasteiger partial charge in [0.25, 0.3) is 5.91 Å². The van der Waals surface area contributed by atoms with Crippen LogP contribution in [0.25, 0.3) is 10.9 Å². The highest BCUT2D eigenvalue weighted by molar-refractivity contribution is 5.95. The Bertz CT molecular complexity index is 1150. The molecule has 0 saturated carbocycles. The lowest BCUT2D eigenvalue weighted by molar-refractivity contribution is -0.154. The van der Waals surface area contributed by atoms with E-state index in [4.69, 9.17) is 4.74 Å². The van der Waals surface area contributed by atoms with Crippen LogP contribution in [0.1, 0.15) is 12.5 Å². The van der Waals surface area contributed by atoms with Crippen LogP contribution in [0.5, 0.6) is 0 Å². The number of halogens is 3. The smallest absolute Gasteiger partial charge is 0.311 e. The Balaban J connectivity index is 1.48. The maximum atomic E-state index is 13.6. The number of para-hydroxylation sites is 1. The SMILES string of the molecule is CC(OC(=O)Cc1c[nH]c2ccccc12)C(=O)NCC(=O)Nc1ccc(F)c(F)c1F. The van der Waals surface area contributed by atoms with Crippen molar-refractivity contribution >= 4 is 34.4 Å². The molecule has 0 aliphatic carbocycles. The molecular weight excluding hydrogens is 415 g/mol. The van der Waals surface area contributed by atoms with Gasteiger partial charge in [-0.15, -0.1) is 0 Å². The summed E-state index contributed by atoms with van der Waals surface area (Å²) in [6.45, 7) is 0.733. The van der Waals surface area contributed by atoms with Gasteiger partial charge in [-0.3, -0.25) is 14.4 Å². The van der Waals surface area contributed by atoms with E-state index in [2.05, 4.69) is 10.3 Å². The van der Waals surface area contributed by atoms with Crippen LogP contribution < -0.4 is 10.6 Å². The van der Waals surface area contributed by atoms with E-state index in [9.17, 15) is 27.6 Å². The number of rotatable bonds is 7. The summed E-state index contributed by atoms with van der Waals surface area (Å²) in [6, 6.07) is 8.89. The molecule has 0 bridgehead atoms. The lowest BCUT2D eigenvalue weighted by Crippen LogP contribution is -2.40. The minimum Gasteiger partial charge on any atom is -0.452 e. The van der Waals surface area contributed by atoms with Gasteiger partial charge in [-0.1, -0.05) is 18.2 Å². The van der Waals surface area contributed by atoms with Crippen LogP contribution in [0.4, 0.5) is 18.9 Å². The number of fused-ring (bicyclic) bond motifs is 1. The number of carbonyl (C=O) groups is 3. The fourth-order valence-corrected chi connectivity index (χ4v) is 2.85. The molecule has 162 valence electrons. The Morgan fingerprint density at radius 2 is 1.81 bits per heavy atom. The van der Waals surface area contributed by atoms with E-state index < -0.39 is 53.6 Å². The maximum Gasteiger partial charge on any atom is 0.311 e. The molecule has 1 atom stereocenters. The third-order valence-electron chi connectivity index (χ3n) is 4.42. The van der Waals surface area contributed by atoms with Crippen LogP contribution >= 0.6 is 0 Å². The van der Waals surface area contributed by atoms with Crippen molar-refractivity contribution in [1.82, 2.24) is 10.3 Å². The lowest BCUT2D eigenvalue weighted by atomic mass is 10.1. The van der Waals surface area contributed by atoms with E-state index in [0.29, 0.717) is 11.6 Å². The second kappa shape index (κ2) is 9.33. The molecule has 0 aliphatic rings.